The van der Waals surface area contributed by atoms with Crippen molar-refractivity contribution in [1.29, 1.82) is 0 Å². The molecule has 0 unspecified atom stereocenters. The van der Waals surface area contributed by atoms with Crippen molar-refractivity contribution in [3.8, 4) is 0 Å². The molecule has 0 bridgehead atoms. The summed E-state index contributed by atoms with van der Waals surface area (Å²) in [7, 11) is 1.72. The van der Waals surface area contributed by atoms with Crippen LogP contribution in [0.2, 0.25) is 0 Å². The van der Waals surface area contributed by atoms with Gasteiger partial charge >= 0.3 is 0 Å². The lowest BCUT2D eigenvalue weighted by molar-refractivity contribution is 0.199. The van der Waals surface area contributed by atoms with Crippen LogP contribution in [0.15, 0.2) is 43.0 Å². The van der Waals surface area contributed by atoms with Gasteiger partial charge in [-0.15, -0.1) is 0 Å². The molecule has 2 aromatic heterocycles. The summed E-state index contributed by atoms with van der Waals surface area (Å²) in [5.74, 6) is 0. The highest BCUT2D eigenvalue weighted by Gasteiger charge is 1.98. The summed E-state index contributed by atoms with van der Waals surface area (Å²) >= 11 is 0. The number of methoxy groups -OCH3 is 1. The van der Waals surface area contributed by atoms with E-state index in [9.17, 15) is 0 Å². The number of rotatable bonds is 7. The molecule has 0 radical (unpaired) electrons. The van der Waals surface area contributed by atoms with E-state index in [0.29, 0.717) is 0 Å². The fraction of sp³-hybridized carbons (Fsp3) is 0.357. The molecule has 0 saturated carbocycles. The van der Waals surface area contributed by atoms with Gasteiger partial charge in [0.05, 0.1) is 6.61 Å². The Labute approximate surface area is 108 Å². The minimum absolute atomic E-state index is 0.748. The Morgan fingerprint density at radius 1 is 1.22 bits per heavy atom. The summed E-state index contributed by atoms with van der Waals surface area (Å²) in [5, 5.41) is 3.33. The standard InChI is InChI=1S/C14H19N3O/c1-18-9-7-16-10-14-4-8-17(12-14)11-13-2-5-15-6-3-13/h2-6,8,12,16H,7,9-11H2,1H3. The molecule has 0 amide bonds. The van der Waals surface area contributed by atoms with Gasteiger partial charge in [0.1, 0.15) is 0 Å². The SMILES string of the molecule is COCCNCc1ccn(Cc2ccncc2)c1. The molecule has 4 heteroatoms. The summed E-state index contributed by atoms with van der Waals surface area (Å²) in [4.78, 5) is 4.02. The van der Waals surface area contributed by atoms with Gasteiger partial charge in [0, 0.05) is 51.5 Å². The predicted octanol–water partition coefficient (Wildman–Crippen LogP) is 1.67. The van der Waals surface area contributed by atoms with Gasteiger partial charge < -0.3 is 14.6 Å². The van der Waals surface area contributed by atoms with E-state index in [1.807, 2.05) is 24.5 Å². The number of hydrogen-bond acceptors (Lipinski definition) is 3. The minimum atomic E-state index is 0.748. The Kier molecular flexibility index (Phi) is 4.93. The molecule has 0 aliphatic carbocycles. The molecule has 0 fully saturated rings. The van der Waals surface area contributed by atoms with Crippen molar-refractivity contribution in [2.24, 2.45) is 0 Å². The average Bonchev–Trinajstić information content (AvgIpc) is 2.84. The van der Waals surface area contributed by atoms with Crippen molar-refractivity contribution in [3.05, 3.63) is 54.1 Å². The van der Waals surface area contributed by atoms with Crippen LogP contribution < -0.4 is 5.32 Å². The Morgan fingerprint density at radius 3 is 2.83 bits per heavy atom. The first-order chi connectivity index (χ1) is 8.88. The van der Waals surface area contributed by atoms with Crippen molar-refractivity contribution in [1.82, 2.24) is 14.9 Å². The second-order valence-corrected chi connectivity index (χ2v) is 4.22. The molecule has 0 saturated heterocycles. The van der Waals surface area contributed by atoms with Crippen molar-refractivity contribution in [2.75, 3.05) is 20.3 Å². The topological polar surface area (TPSA) is 39.1 Å². The normalized spacial score (nSPS) is 10.7. The van der Waals surface area contributed by atoms with Crippen LogP contribution in [0.5, 0.6) is 0 Å². The number of pyridine rings is 1. The van der Waals surface area contributed by atoms with E-state index in [2.05, 4.69) is 33.3 Å². The summed E-state index contributed by atoms with van der Waals surface area (Å²) in [6, 6.07) is 6.22. The molecule has 0 aliphatic rings. The monoisotopic (exact) mass is 245 g/mol. The van der Waals surface area contributed by atoms with Crippen LogP contribution in [0.3, 0.4) is 0 Å². The third-order valence-corrected chi connectivity index (χ3v) is 2.74. The number of nitrogens with one attached hydrogen (secondary N) is 1. The van der Waals surface area contributed by atoms with Gasteiger partial charge in [0.15, 0.2) is 0 Å². The van der Waals surface area contributed by atoms with Gasteiger partial charge in [-0.3, -0.25) is 4.98 Å². The number of nitrogens with zero attached hydrogens (tertiary/aromatic N) is 2. The lowest BCUT2D eigenvalue weighted by atomic mass is 10.3. The van der Waals surface area contributed by atoms with Crippen molar-refractivity contribution < 1.29 is 4.74 Å². The average molecular weight is 245 g/mol. The Morgan fingerprint density at radius 2 is 2.06 bits per heavy atom. The second-order valence-electron chi connectivity index (χ2n) is 4.22. The van der Waals surface area contributed by atoms with E-state index in [1.165, 1.54) is 11.1 Å². The highest BCUT2D eigenvalue weighted by molar-refractivity contribution is 5.15. The summed E-state index contributed by atoms with van der Waals surface area (Å²) in [6.45, 7) is 3.40. The number of aromatic nitrogens is 2. The molecular formula is C14H19N3O. The first-order valence-electron chi connectivity index (χ1n) is 6.11. The van der Waals surface area contributed by atoms with Gasteiger partial charge in [-0.05, 0) is 29.3 Å². The van der Waals surface area contributed by atoms with Gasteiger partial charge in [-0.25, -0.2) is 0 Å². The lowest BCUT2D eigenvalue weighted by Gasteiger charge is -2.03. The van der Waals surface area contributed by atoms with Crippen LogP contribution in [0.1, 0.15) is 11.1 Å². The van der Waals surface area contributed by atoms with Crippen LogP contribution in [0, 0.1) is 0 Å². The molecule has 0 spiro atoms. The predicted molar refractivity (Wildman–Crippen MR) is 71.4 cm³/mol. The highest BCUT2D eigenvalue weighted by Crippen LogP contribution is 2.05. The van der Waals surface area contributed by atoms with Crippen molar-refractivity contribution >= 4 is 0 Å². The van der Waals surface area contributed by atoms with Gasteiger partial charge in [0.2, 0.25) is 0 Å². The van der Waals surface area contributed by atoms with Crippen molar-refractivity contribution in [3.63, 3.8) is 0 Å². The largest absolute Gasteiger partial charge is 0.383 e. The third kappa shape index (κ3) is 3.98. The van der Waals surface area contributed by atoms with Crippen molar-refractivity contribution in [2.45, 2.75) is 13.1 Å². The summed E-state index contributed by atoms with van der Waals surface area (Å²) in [6.07, 6.45) is 7.92. The molecular weight excluding hydrogens is 226 g/mol. The maximum absolute atomic E-state index is 4.99. The Bertz CT molecular complexity index is 453. The molecule has 0 aliphatic heterocycles. The second kappa shape index (κ2) is 6.93. The molecule has 4 nitrogen and oxygen atoms in total. The third-order valence-electron chi connectivity index (χ3n) is 2.74. The molecule has 96 valence electrons. The summed E-state index contributed by atoms with van der Waals surface area (Å²) in [5.41, 5.74) is 2.56. The van der Waals surface area contributed by atoms with Crippen LogP contribution in [0.4, 0.5) is 0 Å². The van der Waals surface area contributed by atoms with Gasteiger partial charge in [0.25, 0.3) is 0 Å². The summed E-state index contributed by atoms with van der Waals surface area (Å²) < 4.78 is 7.17. The fourth-order valence-electron chi connectivity index (χ4n) is 1.80. The van der Waals surface area contributed by atoms with E-state index in [1.54, 1.807) is 7.11 Å². The molecule has 2 aromatic rings. The minimum Gasteiger partial charge on any atom is -0.383 e. The van der Waals surface area contributed by atoms with Gasteiger partial charge in [-0.1, -0.05) is 0 Å². The highest BCUT2D eigenvalue weighted by atomic mass is 16.5. The number of hydrogen-bond donors (Lipinski definition) is 1. The van der Waals surface area contributed by atoms with E-state index < -0.39 is 0 Å². The Hall–Kier alpha value is -1.65. The molecule has 1 N–H and O–H groups in total. The first-order valence-corrected chi connectivity index (χ1v) is 6.11. The van der Waals surface area contributed by atoms with E-state index in [-0.39, 0.29) is 0 Å². The quantitative estimate of drug-likeness (QED) is 0.754. The zero-order chi connectivity index (χ0) is 12.6. The maximum atomic E-state index is 4.99. The molecule has 2 rings (SSSR count). The van der Waals surface area contributed by atoms with Crippen LogP contribution in [-0.4, -0.2) is 29.8 Å². The molecule has 2 heterocycles. The zero-order valence-electron chi connectivity index (χ0n) is 10.7. The van der Waals surface area contributed by atoms with E-state index in [4.69, 9.17) is 4.74 Å². The zero-order valence-corrected chi connectivity index (χ0v) is 10.7. The Balaban J connectivity index is 1.83. The van der Waals surface area contributed by atoms with Gasteiger partial charge in [-0.2, -0.15) is 0 Å². The van der Waals surface area contributed by atoms with E-state index >= 15 is 0 Å². The molecule has 18 heavy (non-hydrogen) atoms. The van der Waals surface area contributed by atoms with Crippen LogP contribution in [-0.2, 0) is 17.8 Å². The smallest absolute Gasteiger partial charge is 0.0587 e. The fourth-order valence-corrected chi connectivity index (χ4v) is 1.80. The maximum Gasteiger partial charge on any atom is 0.0587 e. The lowest BCUT2D eigenvalue weighted by Crippen LogP contribution is -2.18. The van der Waals surface area contributed by atoms with Crippen LogP contribution in [0.25, 0.3) is 0 Å². The van der Waals surface area contributed by atoms with Crippen LogP contribution >= 0.6 is 0 Å². The first kappa shape index (κ1) is 12.8. The number of ether oxygens (including phenoxy) is 1. The van der Waals surface area contributed by atoms with E-state index in [0.717, 1.165) is 26.2 Å². The molecule has 0 atom stereocenters. The molecule has 0 aromatic carbocycles.